The van der Waals surface area contributed by atoms with Crippen LogP contribution in [-0.4, -0.2) is 52.6 Å². The number of fused-ring (bicyclic) bond motifs is 3. The van der Waals surface area contributed by atoms with Crippen molar-refractivity contribution >= 4 is 39.3 Å². The van der Waals surface area contributed by atoms with Crippen molar-refractivity contribution in [2.75, 3.05) is 32.1 Å². The molecule has 4 nitrogen and oxygen atoms in total. The van der Waals surface area contributed by atoms with Crippen LogP contribution >= 0.6 is 11.6 Å². The predicted molar refractivity (Wildman–Crippen MR) is 103 cm³/mol. The molecular weight excluding hydrogens is 353 g/mol. The van der Waals surface area contributed by atoms with Crippen molar-refractivity contribution < 1.29 is 9.28 Å². The second-order valence-corrected chi connectivity index (χ2v) is 7.02. The average molecular weight is 374 g/mol. The first-order valence-corrected chi connectivity index (χ1v) is 9.49. The maximum absolute atomic E-state index is 13.2. The molecule has 3 aromatic rings. The van der Waals surface area contributed by atoms with Gasteiger partial charge in [-0.1, -0.05) is 18.2 Å². The van der Waals surface area contributed by atoms with Gasteiger partial charge in [-0.25, -0.2) is 0 Å². The lowest BCUT2D eigenvalue weighted by Crippen LogP contribution is -2.45. The van der Waals surface area contributed by atoms with Gasteiger partial charge in [-0.3, -0.25) is 4.79 Å². The fourth-order valence-electron chi connectivity index (χ4n) is 3.71. The van der Waals surface area contributed by atoms with Gasteiger partial charge in [-0.05, 0) is 30.7 Å². The van der Waals surface area contributed by atoms with Crippen LogP contribution in [0.4, 0.5) is 4.48 Å². The summed E-state index contributed by atoms with van der Waals surface area (Å²) in [7, 11) is 0. The molecule has 4 rings (SSSR count). The predicted octanol–water partition coefficient (Wildman–Crippen LogP) is 4.07. The second-order valence-electron chi connectivity index (χ2n) is 6.65. The molecule has 0 saturated carbocycles. The van der Waals surface area contributed by atoms with Gasteiger partial charge in [0.05, 0.1) is 0 Å². The minimum atomic E-state index is -0.0300. The molecule has 136 valence electrons. The number of benzene rings is 2. The molecule has 1 aromatic heterocycles. The molecule has 1 fully saturated rings. The summed E-state index contributed by atoms with van der Waals surface area (Å²) in [5, 5.41) is 2.97. The Kier molecular flexibility index (Phi) is 4.83. The highest BCUT2D eigenvalue weighted by Crippen LogP contribution is 2.30. The molecule has 2 heterocycles. The molecule has 0 spiro atoms. The van der Waals surface area contributed by atoms with Crippen LogP contribution in [0.5, 0.6) is 0 Å². The standard InChI is InChI=1S/C20H21ClFN3O/c21-8-3-9-25-18-5-2-1-4-16(18)17-14-15(6-7-19(17)25)20(26)23-10-12-24(22)13-11-23/h1-2,4-7,14H,3,8-13H2. The summed E-state index contributed by atoms with van der Waals surface area (Å²) in [6, 6.07) is 14.1. The Morgan fingerprint density at radius 2 is 1.73 bits per heavy atom. The van der Waals surface area contributed by atoms with Gasteiger partial charge in [0.2, 0.25) is 0 Å². The van der Waals surface area contributed by atoms with Gasteiger partial charge in [0.1, 0.15) is 0 Å². The lowest BCUT2D eigenvalue weighted by molar-refractivity contribution is -0.0169. The molecule has 1 aliphatic rings. The molecule has 0 N–H and O–H groups in total. The zero-order valence-corrected chi connectivity index (χ0v) is 15.3. The van der Waals surface area contributed by atoms with Crippen LogP contribution in [0.15, 0.2) is 42.5 Å². The quantitative estimate of drug-likeness (QED) is 0.509. The van der Waals surface area contributed by atoms with E-state index >= 15 is 0 Å². The molecule has 6 heteroatoms. The summed E-state index contributed by atoms with van der Waals surface area (Å²) >= 11 is 5.89. The number of nitrogens with zero attached hydrogens (tertiary/aromatic N) is 3. The highest BCUT2D eigenvalue weighted by Gasteiger charge is 2.22. The first-order valence-electron chi connectivity index (χ1n) is 8.96. The van der Waals surface area contributed by atoms with Gasteiger partial charge >= 0.3 is 0 Å². The molecule has 26 heavy (non-hydrogen) atoms. The van der Waals surface area contributed by atoms with Crippen LogP contribution in [0.25, 0.3) is 21.8 Å². The minimum Gasteiger partial charge on any atom is -0.340 e. The fraction of sp³-hybridized carbons (Fsp3) is 0.350. The van der Waals surface area contributed by atoms with E-state index < -0.39 is 0 Å². The molecule has 1 saturated heterocycles. The third-order valence-corrected chi connectivity index (χ3v) is 5.31. The number of amides is 1. The van der Waals surface area contributed by atoms with Crippen LogP contribution in [0, 0.1) is 0 Å². The number of aromatic nitrogens is 1. The van der Waals surface area contributed by atoms with E-state index in [2.05, 4.69) is 16.7 Å². The number of aryl methyl sites for hydroxylation is 1. The van der Waals surface area contributed by atoms with Crippen LogP contribution < -0.4 is 0 Å². The zero-order valence-electron chi connectivity index (χ0n) is 14.5. The van der Waals surface area contributed by atoms with Crippen molar-refractivity contribution in [2.24, 2.45) is 0 Å². The monoisotopic (exact) mass is 373 g/mol. The Hall–Kier alpha value is -2.11. The number of carbonyl (C=O) groups excluding carboxylic acids is 1. The maximum atomic E-state index is 13.2. The molecule has 1 aliphatic heterocycles. The normalized spacial score (nSPS) is 15.8. The van der Waals surface area contributed by atoms with Gasteiger partial charge in [-0.15, -0.1) is 21.2 Å². The van der Waals surface area contributed by atoms with Crippen molar-refractivity contribution in [3.63, 3.8) is 0 Å². The first-order chi connectivity index (χ1) is 12.7. The Labute approximate surface area is 156 Å². The number of rotatable bonds is 4. The third-order valence-electron chi connectivity index (χ3n) is 5.05. The fourth-order valence-corrected chi connectivity index (χ4v) is 3.83. The largest absolute Gasteiger partial charge is 0.340 e. The summed E-state index contributed by atoms with van der Waals surface area (Å²) in [6.07, 6.45) is 0.892. The van der Waals surface area contributed by atoms with Gasteiger partial charge < -0.3 is 9.47 Å². The maximum Gasteiger partial charge on any atom is 0.253 e. The summed E-state index contributed by atoms with van der Waals surface area (Å²) in [4.78, 5) is 14.6. The van der Waals surface area contributed by atoms with Crippen molar-refractivity contribution in [2.45, 2.75) is 13.0 Å². The lowest BCUT2D eigenvalue weighted by Gasteiger charge is -2.29. The number of para-hydroxylation sites is 1. The van der Waals surface area contributed by atoms with E-state index in [1.54, 1.807) is 4.90 Å². The van der Waals surface area contributed by atoms with Crippen LogP contribution in [0.2, 0.25) is 0 Å². The Balaban J connectivity index is 1.75. The molecule has 0 atom stereocenters. The van der Waals surface area contributed by atoms with E-state index in [0.717, 1.165) is 39.9 Å². The van der Waals surface area contributed by atoms with Gasteiger partial charge in [0, 0.05) is 66.0 Å². The van der Waals surface area contributed by atoms with Crippen LogP contribution in [-0.2, 0) is 6.54 Å². The first kappa shape index (κ1) is 17.3. The summed E-state index contributed by atoms with van der Waals surface area (Å²) in [5.41, 5.74) is 2.93. The van der Waals surface area contributed by atoms with E-state index in [9.17, 15) is 9.28 Å². The molecule has 2 aromatic carbocycles. The van der Waals surface area contributed by atoms with Crippen LogP contribution in [0.3, 0.4) is 0 Å². The van der Waals surface area contributed by atoms with E-state index in [1.807, 2.05) is 30.3 Å². The van der Waals surface area contributed by atoms with E-state index in [0.29, 0.717) is 24.5 Å². The second kappa shape index (κ2) is 7.25. The Morgan fingerprint density at radius 1 is 1.00 bits per heavy atom. The van der Waals surface area contributed by atoms with E-state index in [-0.39, 0.29) is 19.0 Å². The average Bonchev–Trinajstić information content (AvgIpc) is 2.99. The minimum absolute atomic E-state index is 0.0300. The van der Waals surface area contributed by atoms with E-state index in [1.165, 1.54) is 0 Å². The number of halogens is 2. The van der Waals surface area contributed by atoms with Gasteiger partial charge in [0.15, 0.2) is 0 Å². The van der Waals surface area contributed by atoms with Crippen molar-refractivity contribution in [3.8, 4) is 0 Å². The highest BCUT2D eigenvalue weighted by atomic mass is 35.5. The zero-order chi connectivity index (χ0) is 18.1. The molecule has 0 bridgehead atoms. The number of hydrogen-bond acceptors (Lipinski definition) is 2. The number of carbonyl (C=O) groups is 1. The van der Waals surface area contributed by atoms with Crippen molar-refractivity contribution in [1.29, 1.82) is 0 Å². The third kappa shape index (κ3) is 3.06. The molecule has 0 radical (unpaired) electrons. The van der Waals surface area contributed by atoms with Gasteiger partial charge in [-0.2, -0.15) is 0 Å². The summed E-state index contributed by atoms with van der Waals surface area (Å²) in [5.74, 6) is 0.586. The SMILES string of the molecule is O=C(c1ccc2c(c1)c1ccccc1n2CCCCl)N1CCN(F)CC1. The summed E-state index contributed by atoms with van der Waals surface area (Å²) < 4.78 is 15.5. The lowest BCUT2D eigenvalue weighted by atomic mass is 10.1. The topological polar surface area (TPSA) is 28.5 Å². The molecular formula is C20H21ClFN3O. The smallest absolute Gasteiger partial charge is 0.253 e. The molecule has 1 amide bonds. The van der Waals surface area contributed by atoms with Crippen LogP contribution in [0.1, 0.15) is 16.8 Å². The number of hydrogen-bond donors (Lipinski definition) is 0. The van der Waals surface area contributed by atoms with Crippen molar-refractivity contribution in [3.05, 3.63) is 48.0 Å². The Bertz CT molecular complexity index is 947. The summed E-state index contributed by atoms with van der Waals surface area (Å²) in [6.45, 7) is 2.23. The van der Waals surface area contributed by atoms with Gasteiger partial charge in [0.25, 0.3) is 5.91 Å². The molecule has 0 aliphatic carbocycles. The highest BCUT2D eigenvalue weighted by molar-refractivity contribution is 6.17. The number of alkyl halides is 1. The molecule has 0 unspecified atom stereocenters. The Morgan fingerprint density at radius 3 is 2.50 bits per heavy atom. The van der Waals surface area contributed by atoms with E-state index in [4.69, 9.17) is 11.6 Å². The van der Waals surface area contributed by atoms with Crippen molar-refractivity contribution in [1.82, 2.24) is 14.6 Å². The number of piperazine rings is 1.